The zero-order valence-corrected chi connectivity index (χ0v) is 12.5. The van der Waals surface area contributed by atoms with Gasteiger partial charge < -0.3 is 15.0 Å². The summed E-state index contributed by atoms with van der Waals surface area (Å²) in [6, 6.07) is 6.16. The summed E-state index contributed by atoms with van der Waals surface area (Å²) in [6.45, 7) is 2.73. The van der Waals surface area contributed by atoms with Crippen LogP contribution in [0.15, 0.2) is 18.2 Å². The van der Waals surface area contributed by atoms with Crippen LogP contribution < -0.4 is 15.0 Å². The van der Waals surface area contributed by atoms with Crippen LogP contribution in [0.3, 0.4) is 0 Å². The van der Waals surface area contributed by atoms with Crippen molar-refractivity contribution < 1.29 is 9.53 Å². The van der Waals surface area contributed by atoms with Gasteiger partial charge >= 0.3 is 0 Å². The molecule has 1 amide bonds. The Balaban J connectivity index is 1.79. The van der Waals surface area contributed by atoms with E-state index in [0.29, 0.717) is 11.8 Å². The number of amides is 1. The van der Waals surface area contributed by atoms with Crippen molar-refractivity contribution >= 4 is 11.6 Å². The molecule has 1 spiro atoms. The molecular formula is C17H22N2O2. The number of benzene rings is 1. The maximum atomic E-state index is 13.2. The summed E-state index contributed by atoms with van der Waals surface area (Å²) < 4.78 is 5.37. The fraction of sp³-hybridized carbons (Fsp3) is 0.588. The molecule has 2 aliphatic heterocycles. The van der Waals surface area contributed by atoms with Crippen LogP contribution >= 0.6 is 0 Å². The third kappa shape index (κ3) is 1.96. The fourth-order valence-electron chi connectivity index (χ4n) is 3.83. The van der Waals surface area contributed by atoms with Crippen LogP contribution in [-0.2, 0) is 10.2 Å². The first-order valence-corrected chi connectivity index (χ1v) is 7.96. The molecule has 4 heteroatoms. The van der Waals surface area contributed by atoms with Crippen LogP contribution in [-0.4, -0.2) is 32.7 Å². The molecule has 0 bridgehead atoms. The molecule has 1 aromatic rings. The highest BCUT2D eigenvalue weighted by Gasteiger charge is 2.51. The van der Waals surface area contributed by atoms with Crippen molar-refractivity contribution in [1.82, 2.24) is 5.32 Å². The largest absolute Gasteiger partial charge is 0.497 e. The number of hydrogen-bond acceptors (Lipinski definition) is 3. The monoisotopic (exact) mass is 286 g/mol. The highest BCUT2D eigenvalue weighted by Crippen LogP contribution is 2.49. The minimum atomic E-state index is -0.290. The molecule has 2 fully saturated rings. The fourth-order valence-corrected chi connectivity index (χ4v) is 3.83. The van der Waals surface area contributed by atoms with E-state index in [4.69, 9.17) is 4.74 Å². The quantitative estimate of drug-likeness (QED) is 0.925. The lowest BCUT2D eigenvalue weighted by Crippen LogP contribution is -2.47. The summed E-state index contributed by atoms with van der Waals surface area (Å²) >= 11 is 0. The highest BCUT2D eigenvalue weighted by atomic mass is 16.5. The average molecular weight is 286 g/mol. The molecule has 1 saturated heterocycles. The number of carbonyl (C=O) groups excluding carboxylic acids is 1. The van der Waals surface area contributed by atoms with E-state index in [9.17, 15) is 4.79 Å². The molecule has 4 rings (SSSR count). The Hall–Kier alpha value is -1.55. The van der Waals surface area contributed by atoms with Gasteiger partial charge in [-0.05, 0) is 56.3 Å². The summed E-state index contributed by atoms with van der Waals surface area (Å²) in [5.41, 5.74) is 2.02. The summed E-state index contributed by atoms with van der Waals surface area (Å²) in [5.74, 6) is 1.86. The van der Waals surface area contributed by atoms with Crippen molar-refractivity contribution in [2.45, 2.75) is 31.1 Å². The Labute approximate surface area is 125 Å². The van der Waals surface area contributed by atoms with Crippen LogP contribution in [0.2, 0.25) is 0 Å². The lowest BCUT2D eigenvalue weighted by atomic mass is 9.74. The number of anilines is 1. The molecule has 0 unspecified atom stereocenters. The molecule has 1 aromatic carbocycles. The first-order chi connectivity index (χ1) is 10.2. The Morgan fingerprint density at radius 3 is 2.76 bits per heavy atom. The van der Waals surface area contributed by atoms with Crippen molar-refractivity contribution in [3.8, 4) is 5.75 Å². The molecule has 21 heavy (non-hydrogen) atoms. The Bertz CT molecular complexity index is 574. The van der Waals surface area contributed by atoms with Crippen molar-refractivity contribution in [2.24, 2.45) is 5.92 Å². The second-order valence-corrected chi connectivity index (χ2v) is 6.57. The van der Waals surface area contributed by atoms with Gasteiger partial charge in [-0.15, -0.1) is 0 Å². The minimum Gasteiger partial charge on any atom is -0.497 e. The van der Waals surface area contributed by atoms with Gasteiger partial charge in [0.05, 0.1) is 18.2 Å². The summed E-state index contributed by atoms with van der Waals surface area (Å²) in [4.78, 5) is 15.2. The number of rotatable bonds is 3. The highest BCUT2D eigenvalue weighted by molar-refractivity contribution is 6.08. The van der Waals surface area contributed by atoms with Gasteiger partial charge in [-0.3, -0.25) is 4.79 Å². The van der Waals surface area contributed by atoms with E-state index < -0.39 is 0 Å². The van der Waals surface area contributed by atoms with E-state index in [-0.39, 0.29) is 5.41 Å². The van der Waals surface area contributed by atoms with E-state index >= 15 is 0 Å². The maximum Gasteiger partial charge on any atom is 0.237 e. The number of piperidine rings is 1. The van der Waals surface area contributed by atoms with Crippen molar-refractivity contribution in [3.05, 3.63) is 23.8 Å². The predicted octanol–water partition coefficient (Wildman–Crippen LogP) is 2.07. The maximum absolute atomic E-state index is 13.2. The standard InChI is InChI=1S/C17H22N2O2/c1-21-13-4-5-14-15(10-13)19(11-12-2-3-12)16(20)17(14)6-8-18-9-7-17/h4-5,10,12,18H,2-3,6-9,11H2,1H3. The van der Waals surface area contributed by atoms with E-state index in [1.54, 1.807) is 7.11 Å². The first kappa shape index (κ1) is 13.1. The van der Waals surface area contributed by atoms with E-state index in [2.05, 4.69) is 11.4 Å². The Morgan fingerprint density at radius 1 is 1.33 bits per heavy atom. The number of ether oxygens (including phenoxy) is 1. The van der Waals surface area contributed by atoms with Gasteiger partial charge in [0, 0.05) is 12.6 Å². The summed E-state index contributed by atoms with van der Waals surface area (Å²) in [6.07, 6.45) is 4.34. The van der Waals surface area contributed by atoms with E-state index in [1.165, 1.54) is 18.4 Å². The van der Waals surface area contributed by atoms with Gasteiger partial charge in [0.15, 0.2) is 0 Å². The molecule has 0 atom stereocenters. The molecule has 2 heterocycles. The van der Waals surface area contributed by atoms with Gasteiger partial charge in [-0.25, -0.2) is 0 Å². The average Bonchev–Trinajstić information content (AvgIpc) is 3.33. The van der Waals surface area contributed by atoms with Gasteiger partial charge in [-0.2, -0.15) is 0 Å². The number of nitrogens with one attached hydrogen (secondary N) is 1. The van der Waals surface area contributed by atoms with Crippen LogP contribution in [0.5, 0.6) is 5.75 Å². The van der Waals surface area contributed by atoms with Crippen LogP contribution in [0.4, 0.5) is 5.69 Å². The van der Waals surface area contributed by atoms with Gasteiger partial charge in [0.2, 0.25) is 5.91 Å². The van der Waals surface area contributed by atoms with E-state index in [0.717, 1.165) is 43.9 Å². The van der Waals surface area contributed by atoms with Crippen molar-refractivity contribution in [1.29, 1.82) is 0 Å². The second-order valence-electron chi connectivity index (χ2n) is 6.57. The van der Waals surface area contributed by atoms with Crippen molar-refractivity contribution in [3.63, 3.8) is 0 Å². The zero-order valence-electron chi connectivity index (χ0n) is 12.5. The Morgan fingerprint density at radius 2 is 2.10 bits per heavy atom. The normalized spacial score (nSPS) is 23.5. The number of methoxy groups -OCH3 is 1. The lowest BCUT2D eigenvalue weighted by Gasteiger charge is -2.33. The first-order valence-electron chi connectivity index (χ1n) is 7.96. The molecule has 112 valence electrons. The van der Waals surface area contributed by atoms with Gasteiger partial charge in [0.25, 0.3) is 0 Å². The van der Waals surface area contributed by atoms with Crippen LogP contribution in [0.25, 0.3) is 0 Å². The topological polar surface area (TPSA) is 41.6 Å². The zero-order chi connectivity index (χ0) is 14.4. The molecule has 1 N–H and O–H groups in total. The number of hydrogen-bond donors (Lipinski definition) is 1. The number of fused-ring (bicyclic) bond motifs is 2. The van der Waals surface area contributed by atoms with E-state index in [1.807, 2.05) is 17.0 Å². The van der Waals surface area contributed by atoms with Gasteiger partial charge in [0.1, 0.15) is 5.75 Å². The number of nitrogens with zero attached hydrogens (tertiary/aromatic N) is 1. The molecule has 0 radical (unpaired) electrons. The molecule has 1 saturated carbocycles. The SMILES string of the molecule is COc1ccc2c(c1)N(CC1CC1)C(=O)C21CCNCC1. The molecule has 0 aromatic heterocycles. The Kier molecular flexibility index (Phi) is 2.96. The minimum absolute atomic E-state index is 0.290. The molecule has 1 aliphatic carbocycles. The number of carbonyl (C=O) groups is 1. The lowest BCUT2D eigenvalue weighted by molar-refractivity contribution is -0.124. The third-order valence-corrected chi connectivity index (χ3v) is 5.26. The van der Waals surface area contributed by atoms with Gasteiger partial charge in [-0.1, -0.05) is 6.07 Å². The smallest absolute Gasteiger partial charge is 0.237 e. The van der Waals surface area contributed by atoms with Crippen molar-refractivity contribution in [2.75, 3.05) is 31.6 Å². The summed E-state index contributed by atoms with van der Waals surface area (Å²) in [5, 5.41) is 3.38. The molecular weight excluding hydrogens is 264 g/mol. The van der Waals surface area contributed by atoms with Crippen LogP contribution in [0, 0.1) is 5.92 Å². The second kappa shape index (κ2) is 4.73. The predicted molar refractivity (Wildman–Crippen MR) is 81.9 cm³/mol. The third-order valence-electron chi connectivity index (χ3n) is 5.26. The molecule has 3 aliphatic rings. The molecule has 4 nitrogen and oxygen atoms in total. The van der Waals surface area contributed by atoms with Crippen LogP contribution in [0.1, 0.15) is 31.2 Å². The summed E-state index contributed by atoms with van der Waals surface area (Å²) in [7, 11) is 1.68.